The van der Waals surface area contributed by atoms with Crippen LogP contribution in [0.25, 0.3) is 0 Å². The summed E-state index contributed by atoms with van der Waals surface area (Å²) in [6, 6.07) is 0. The molecule has 1 aromatic heterocycles. The lowest BCUT2D eigenvalue weighted by Gasteiger charge is -2.19. The Hall–Kier alpha value is -0.920. The van der Waals surface area contributed by atoms with Gasteiger partial charge in [-0.15, -0.1) is 11.3 Å². The van der Waals surface area contributed by atoms with Crippen molar-refractivity contribution in [1.82, 2.24) is 4.98 Å². The highest BCUT2D eigenvalue weighted by molar-refractivity contribution is 7.99. The van der Waals surface area contributed by atoms with Crippen LogP contribution in [-0.4, -0.2) is 42.0 Å². The van der Waals surface area contributed by atoms with Crippen LogP contribution in [0.4, 0.5) is 0 Å². The number of carbonyl (C=O) groups excluding carboxylic acids is 2. The summed E-state index contributed by atoms with van der Waals surface area (Å²) in [7, 11) is 1.28. The fourth-order valence-electron chi connectivity index (χ4n) is 1.58. The van der Waals surface area contributed by atoms with E-state index in [1.54, 1.807) is 11.8 Å². The molecule has 1 fully saturated rings. The maximum Gasteiger partial charge on any atom is 0.358 e. The van der Waals surface area contributed by atoms with Crippen molar-refractivity contribution in [2.24, 2.45) is 0 Å². The van der Waals surface area contributed by atoms with Gasteiger partial charge >= 0.3 is 5.97 Å². The predicted octanol–water partition coefficient (Wildman–Crippen LogP) is 1.94. The Bertz CT molecular complexity index is 466. The zero-order valence-electron chi connectivity index (χ0n) is 10.1. The van der Waals surface area contributed by atoms with E-state index in [4.69, 9.17) is 4.74 Å². The Labute approximate surface area is 113 Å². The van der Waals surface area contributed by atoms with Crippen LogP contribution in [0.15, 0.2) is 0 Å². The van der Waals surface area contributed by atoms with E-state index >= 15 is 0 Å². The molecule has 0 amide bonds. The lowest BCUT2D eigenvalue weighted by molar-refractivity contribution is 0.0587. The molecule has 1 atom stereocenters. The number of thiazole rings is 1. The van der Waals surface area contributed by atoms with E-state index in [-0.39, 0.29) is 17.6 Å². The van der Waals surface area contributed by atoms with Gasteiger partial charge in [-0.3, -0.25) is 4.79 Å². The molecular formula is C11H13NO4S2. The summed E-state index contributed by atoms with van der Waals surface area (Å²) in [6.45, 7) is 2.08. The molecule has 98 valence electrons. The first-order valence-corrected chi connectivity index (χ1v) is 7.40. The van der Waals surface area contributed by atoms with E-state index in [0.717, 1.165) is 11.5 Å². The first-order valence-electron chi connectivity index (χ1n) is 5.42. The van der Waals surface area contributed by atoms with Crippen molar-refractivity contribution in [3.63, 3.8) is 0 Å². The van der Waals surface area contributed by atoms with Gasteiger partial charge in [-0.1, -0.05) is 0 Å². The molecule has 0 bridgehead atoms. The summed E-state index contributed by atoms with van der Waals surface area (Å²) in [4.78, 5) is 27.6. The zero-order chi connectivity index (χ0) is 13.1. The van der Waals surface area contributed by atoms with Gasteiger partial charge in [-0.25, -0.2) is 9.78 Å². The molecule has 1 aromatic rings. The lowest BCUT2D eigenvalue weighted by Crippen LogP contribution is -2.15. The van der Waals surface area contributed by atoms with Gasteiger partial charge in [0, 0.05) is 18.4 Å². The topological polar surface area (TPSA) is 65.5 Å². The highest BCUT2D eigenvalue weighted by Gasteiger charge is 2.27. The van der Waals surface area contributed by atoms with Crippen molar-refractivity contribution in [3.05, 3.63) is 15.6 Å². The normalized spacial score (nSPS) is 19.6. The maximum absolute atomic E-state index is 11.6. The SMILES string of the molecule is COC(=O)c1nc(C2CSCCO2)sc1C(C)=O. The molecule has 2 rings (SSSR count). The van der Waals surface area contributed by atoms with E-state index in [0.29, 0.717) is 16.5 Å². The molecule has 0 saturated carbocycles. The van der Waals surface area contributed by atoms with Crippen LogP contribution in [0, 0.1) is 0 Å². The number of methoxy groups -OCH3 is 1. The number of ether oxygens (including phenoxy) is 2. The Balaban J connectivity index is 2.32. The predicted molar refractivity (Wildman–Crippen MR) is 69.5 cm³/mol. The standard InChI is InChI=1S/C11H13NO4S2/c1-6(13)9-8(11(14)15-2)12-10(18-9)7-5-17-4-3-16-7/h7H,3-5H2,1-2H3. The minimum absolute atomic E-state index is 0.101. The second-order valence-electron chi connectivity index (χ2n) is 3.71. The number of ketones is 1. The Morgan fingerprint density at radius 3 is 2.83 bits per heavy atom. The van der Waals surface area contributed by atoms with E-state index in [2.05, 4.69) is 9.72 Å². The number of Topliss-reactive ketones (excluding diaryl/α,β-unsaturated/α-hetero) is 1. The number of rotatable bonds is 3. The van der Waals surface area contributed by atoms with Crippen molar-refractivity contribution >= 4 is 34.9 Å². The molecule has 0 aliphatic carbocycles. The van der Waals surface area contributed by atoms with E-state index in [9.17, 15) is 9.59 Å². The molecule has 7 heteroatoms. The number of nitrogens with zero attached hydrogens (tertiary/aromatic N) is 1. The van der Waals surface area contributed by atoms with Gasteiger partial charge in [0.25, 0.3) is 0 Å². The van der Waals surface area contributed by atoms with Crippen molar-refractivity contribution in [3.8, 4) is 0 Å². The number of carbonyl (C=O) groups is 2. The van der Waals surface area contributed by atoms with Gasteiger partial charge in [0.15, 0.2) is 11.5 Å². The van der Waals surface area contributed by atoms with Crippen molar-refractivity contribution in [2.75, 3.05) is 25.2 Å². The summed E-state index contributed by atoms with van der Waals surface area (Å²) in [5.74, 6) is 1.00. The Morgan fingerprint density at radius 1 is 1.50 bits per heavy atom. The van der Waals surface area contributed by atoms with Crippen molar-refractivity contribution < 1.29 is 19.1 Å². The van der Waals surface area contributed by atoms with Crippen LogP contribution in [-0.2, 0) is 9.47 Å². The second kappa shape index (κ2) is 5.81. The van der Waals surface area contributed by atoms with Gasteiger partial charge < -0.3 is 9.47 Å². The largest absolute Gasteiger partial charge is 0.464 e. The van der Waals surface area contributed by atoms with Crippen LogP contribution in [0.3, 0.4) is 0 Å². The van der Waals surface area contributed by atoms with E-state index < -0.39 is 5.97 Å². The zero-order valence-corrected chi connectivity index (χ0v) is 11.7. The van der Waals surface area contributed by atoms with E-state index in [1.807, 2.05) is 0 Å². The van der Waals surface area contributed by atoms with Crippen LogP contribution < -0.4 is 0 Å². The molecule has 0 radical (unpaired) electrons. The fourth-order valence-corrected chi connectivity index (χ4v) is 3.53. The third kappa shape index (κ3) is 2.73. The third-order valence-corrected chi connectivity index (χ3v) is 4.68. The number of aromatic nitrogens is 1. The molecule has 1 aliphatic rings. The van der Waals surface area contributed by atoms with Crippen LogP contribution >= 0.6 is 23.1 Å². The molecule has 2 heterocycles. The molecule has 1 unspecified atom stereocenters. The summed E-state index contributed by atoms with van der Waals surface area (Å²) < 4.78 is 10.2. The highest BCUT2D eigenvalue weighted by Crippen LogP contribution is 2.31. The molecule has 0 N–H and O–H groups in total. The quantitative estimate of drug-likeness (QED) is 0.625. The molecule has 1 aliphatic heterocycles. The second-order valence-corrected chi connectivity index (χ2v) is 5.89. The Morgan fingerprint density at radius 2 is 2.28 bits per heavy atom. The molecule has 1 saturated heterocycles. The minimum atomic E-state index is -0.578. The summed E-state index contributed by atoms with van der Waals surface area (Å²) in [5.41, 5.74) is 0.101. The lowest BCUT2D eigenvalue weighted by atomic mass is 10.3. The summed E-state index contributed by atoms with van der Waals surface area (Å²) in [5, 5.41) is 0.674. The average molecular weight is 287 g/mol. The molecule has 5 nitrogen and oxygen atoms in total. The maximum atomic E-state index is 11.6. The summed E-state index contributed by atoms with van der Waals surface area (Å²) in [6.07, 6.45) is -0.134. The molecule has 0 aromatic carbocycles. The fraction of sp³-hybridized carbons (Fsp3) is 0.545. The van der Waals surface area contributed by atoms with Crippen LogP contribution in [0.5, 0.6) is 0 Å². The minimum Gasteiger partial charge on any atom is -0.464 e. The monoisotopic (exact) mass is 287 g/mol. The van der Waals surface area contributed by atoms with Gasteiger partial charge in [0.05, 0.1) is 13.7 Å². The first-order chi connectivity index (χ1) is 8.63. The van der Waals surface area contributed by atoms with Gasteiger partial charge in [0.1, 0.15) is 16.0 Å². The average Bonchev–Trinajstić information content (AvgIpc) is 2.84. The van der Waals surface area contributed by atoms with Gasteiger partial charge in [-0.05, 0) is 0 Å². The molecule has 18 heavy (non-hydrogen) atoms. The van der Waals surface area contributed by atoms with Crippen LogP contribution in [0.2, 0.25) is 0 Å². The smallest absolute Gasteiger partial charge is 0.358 e. The summed E-state index contributed by atoms with van der Waals surface area (Å²) >= 11 is 2.99. The Kier molecular flexibility index (Phi) is 4.36. The van der Waals surface area contributed by atoms with E-state index in [1.165, 1.54) is 25.4 Å². The van der Waals surface area contributed by atoms with Crippen molar-refractivity contribution in [2.45, 2.75) is 13.0 Å². The first kappa shape index (κ1) is 13.5. The van der Waals surface area contributed by atoms with Gasteiger partial charge in [-0.2, -0.15) is 11.8 Å². The molecular weight excluding hydrogens is 274 g/mol. The number of esters is 1. The number of thioether (sulfide) groups is 1. The highest BCUT2D eigenvalue weighted by atomic mass is 32.2. The van der Waals surface area contributed by atoms with Crippen molar-refractivity contribution in [1.29, 1.82) is 0 Å². The number of hydrogen-bond acceptors (Lipinski definition) is 7. The van der Waals surface area contributed by atoms with Crippen LogP contribution in [0.1, 0.15) is 38.2 Å². The van der Waals surface area contributed by atoms with Gasteiger partial charge in [0.2, 0.25) is 0 Å². The number of hydrogen-bond donors (Lipinski definition) is 0. The molecule has 0 spiro atoms. The third-order valence-electron chi connectivity index (χ3n) is 2.43.